The van der Waals surface area contributed by atoms with E-state index < -0.39 is 11.8 Å². The Labute approximate surface area is 188 Å². The molecule has 3 rings (SSSR count). The van der Waals surface area contributed by atoms with Crippen LogP contribution < -0.4 is 20.9 Å². The highest BCUT2D eigenvalue weighted by atomic mass is 35.5. The van der Waals surface area contributed by atoms with E-state index in [0.717, 1.165) is 5.56 Å². The smallest absolute Gasteiger partial charge is 0.269 e. The zero-order valence-corrected chi connectivity index (χ0v) is 18.0. The first-order chi connectivity index (χ1) is 15.0. The Kier molecular flexibility index (Phi) is 8.03. The van der Waals surface area contributed by atoms with Gasteiger partial charge in [0.25, 0.3) is 11.8 Å². The van der Waals surface area contributed by atoms with Crippen LogP contribution in [-0.2, 0) is 11.4 Å². The lowest BCUT2D eigenvalue weighted by molar-refractivity contribution is -0.121. The maximum atomic E-state index is 12.2. The second-order valence-electron chi connectivity index (χ2n) is 6.43. The molecule has 0 aliphatic rings. The van der Waals surface area contributed by atoms with Crippen molar-refractivity contribution in [1.82, 2.24) is 16.2 Å². The standard InChI is InChI=1S/C22H20ClN3O4S/c23-17-7-9-18(10-8-17)30-14-15-3-5-16(6-4-15)21(28)26-25-20(27)11-12-24-22(29)19-2-1-13-31-19/h1-10,13H,11-12,14H2,(H,24,29)(H,25,27)(H,26,28). The quantitative estimate of drug-likeness (QED) is 0.450. The summed E-state index contributed by atoms with van der Waals surface area (Å²) in [7, 11) is 0. The fourth-order valence-electron chi connectivity index (χ4n) is 2.50. The van der Waals surface area contributed by atoms with Gasteiger partial charge in [0.2, 0.25) is 5.91 Å². The van der Waals surface area contributed by atoms with Crippen LogP contribution in [0.5, 0.6) is 5.75 Å². The van der Waals surface area contributed by atoms with Crippen LogP contribution in [0.15, 0.2) is 66.0 Å². The van der Waals surface area contributed by atoms with Gasteiger partial charge in [-0.05, 0) is 53.4 Å². The Morgan fingerprint density at radius 2 is 1.65 bits per heavy atom. The van der Waals surface area contributed by atoms with E-state index >= 15 is 0 Å². The number of carbonyl (C=O) groups is 3. The first-order valence-corrected chi connectivity index (χ1v) is 10.7. The predicted molar refractivity (Wildman–Crippen MR) is 119 cm³/mol. The largest absolute Gasteiger partial charge is 0.489 e. The molecule has 3 amide bonds. The Morgan fingerprint density at radius 1 is 0.903 bits per heavy atom. The third-order valence-electron chi connectivity index (χ3n) is 4.13. The van der Waals surface area contributed by atoms with Crippen LogP contribution in [0.1, 0.15) is 32.0 Å². The molecule has 160 valence electrons. The van der Waals surface area contributed by atoms with Gasteiger partial charge in [0.1, 0.15) is 12.4 Å². The number of rotatable bonds is 8. The monoisotopic (exact) mass is 457 g/mol. The number of nitrogens with one attached hydrogen (secondary N) is 3. The van der Waals surface area contributed by atoms with Gasteiger partial charge >= 0.3 is 0 Å². The Balaban J connectivity index is 1.37. The number of thiophene rings is 1. The normalized spacial score (nSPS) is 10.2. The number of ether oxygens (including phenoxy) is 1. The molecule has 0 radical (unpaired) electrons. The summed E-state index contributed by atoms with van der Waals surface area (Å²) in [4.78, 5) is 36.4. The highest BCUT2D eigenvalue weighted by Gasteiger charge is 2.09. The maximum Gasteiger partial charge on any atom is 0.269 e. The molecular formula is C22H20ClN3O4S. The van der Waals surface area contributed by atoms with E-state index in [1.54, 1.807) is 66.0 Å². The zero-order valence-electron chi connectivity index (χ0n) is 16.4. The van der Waals surface area contributed by atoms with Crippen molar-refractivity contribution >= 4 is 40.7 Å². The van der Waals surface area contributed by atoms with Crippen LogP contribution in [0.2, 0.25) is 5.02 Å². The van der Waals surface area contributed by atoms with E-state index in [4.69, 9.17) is 16.3 Å². The molecule has 3 N–H and O–H groups in total. The number of carbonyl (C=O) groups excluding carboxylic acids is 3. The molecular weight excluding hydrogens is 438 g/mol. The molecule has 9 heteroatoms. The van der Waals surface area contributed by atoms with E-state index in [9.17, 15) is 14.4 Å². The van der Waals surface area contributed by atoms with E-state index in [-0.39, 0.29) is 18.9 Å². The fourth-order valence-corrected chi connectivity index (χ4v) is 3.26. The van der Waals surface area contributed by atoms with Gasteiger partial charge in [0.15, 0.2) is 0 Å². The molecule has 1 aromatic heterocycles. The summed E-state index contributed by atoms with van der Waals surface area (Å²) in [5, 5.41) is 5.09. The van der Waals surface area contributed by atoms with E-state index in [2.05, 4.69) is 16.2 Å². The van der Waals surface area contributed by atoms with Crippen molar-refractivity contribution in [3.8, 4) is 5.75 Å². The molecule has 0 aliphatic heterocycles. The Bertz CT molecular complexity index is 1020. The molecule has 0 saturated carbocycles. The number of benzene rings is 2. The van der Waals surface area contributed by atoms with Crippen LogP contribution in [0.4, 0.5) is 0 Å². The Hall–Kier alpha value is -3.36. The predicted octanol–water partition coefficient (Wildman–Crippen LogP) is 3.56. The van der Waals surface area contributed by atoms with E-state index in [1.165, 1.54) is 11.3 Å². The van der Waals surface area contributed by atoms with Gasteiger partial charge in [-0.3, -0.25) is 25.2 Å². The second-order valence-corrected chi connectivity index (χ2v) is 7.81. The summed E-state index contributed by atoms with van der Waals surface area (Å²) in [5.74, 6) is -0.388. The molecule has 0 fully saturated rings. The topological polar surface area (TPSA) is 96.5 Å². The number of hydrogen-bond donors (Lipinski definition) is 3. The molecule has 0 saturated heterocycles. The van der Waals surface area contributed by atoms with Gasteiger partial charge in [-0.1, -0.05) is 29.8 Å². The zero-order chi connectivity index (χ0) is 22.1. The highest BCUT2D eigenvalue weighted by molar-refractivity contribution is 7.12. The average molecular weight is 458 g/mol. The molecule has 3 aromatic rings. The van der Waals surface area contributed by atoms with Crippen molar-refractivity contribution in [2.45, 2.75) is 13.0 Å². The first kappa shape index (κ1) is 22.3. The molecule has 1 heterocycles. The highest BCUT2D eigenvalue weighted by Crippen LogP contribution is 2.17. The van der Waals surface area contributed by atoms with Crippen LogP contribution in [0, 0.1) is 0 Å². The summed E-state index contributed by atoms with van der Waals surface area (Å²) in [6.45, 7) is 0.512. The van der Waals surface area contributed by atoms with Crippen molar-refractivity contribution in [2.24, 2.45) is 0 Å². The fraction of sp³-hybridized carbons (Fsp3) is 0.136. The minimum atomic E-state index is -0.443. The SMILES string of the molecule is O=C(CCNC(=O)c1cccs1)NNC(=O)c1ccc(COc2ccc(Cl)cc2)cc1. The number of hydrogen-bond acceptors (Lipinski definition) is 5. The summed E-state index contributed by atoms with van der Waals surface area (Å²) in [6, 6.07) is 17.4. The van der Waals surface area contributed by atoms with Crippen molar-refractivity contribution in [1.29, 1.82) is 0 Å². The minimum absolute atomic E-state index is 0.0400. The summed E-state index contributed by atoms with van der Waals surface area (Å²) in [5.41, 5.74) is 5.96. The van der Waals surface area contributed by atoms with Crippen LogP contribution in [-0.4, -0.2) is 24.3 Å². The molecule has 0 atom stereocenters. The maximum absolute atomic E-state index is 12.2. The van der Waals surface area contributed by atoms with Gasteiger partial charge in [0, 0.05) is 23.6 Å². The second kappa shape index (κ2) is 11.1. The van der Waals surface area contributed by atoms with Gasteiger partial charge < -0.3 is 10.1 Å². The summed E-state index contributed by atoms with van der Waals surface area (Å²) >= 11 is 7.16. The Morgan fingerprint density at radius 3 is 2.32 bits per heavy atom. The lowest BCUT2D eigenvalue weighted by Gasteiger charge is -2.09. The van der Waals surface area contributed by atoms with E-state index in [0.29, 0.717) is 27.8 Å². The summed E-state index contributed by atoms with van der Waals surface area (Å²) < 4.78 is 5.66. The lowest BCUT2D eigenvalue weighted by Crippen LogP contribution is -2.42. The molecule has 31 heavy (non-hydrogen) atoms. The van der Waals surface area contributed by atoms with E-state index in [1.807, 2.05) is 0 Å². The third-order valence-corrected chi connectivity index (χ3v) is 5.25. The van der Waals surface area contributed by atoms with Crippen LogP contribution in [0.3, 0.4) is 0 Å². The van der Waals surface area contributed by atoms with Crippen molar-refractivity contribution in [2.75, 3.05) is 6.54 Å². The molecule has 2 aromatic carbocycles. The summed E-state index contributed by atoms with van der Waals surface area (Å²) in [6.07, 6.45) is 0.0400. The minimum Gasteiger partial charge on any atom is -0.489 e. The van der Waals surface area contributed by atoms with Crippen molar-refractivity contribution < 1.29 is 19.1 Å². The number of hydrazine groups is 1. The van der Waals surface area contributed by atoms with Crippen LogP contribution in [0.25, 0.3) is 0 Å². The van der Waals surface area contributed by atoms with Gasteiger partial charge in [-0.25, -0.2) is 0 Å². The van der Waals surface area contributed by atoms with Crippen LogP contribution >= 0.6 is 22.9 Å². The van der Waals surface area contributed by atoms with Crippen molar-refractivity contribution in [3.63, 3.8) is 0 Å². The van der Waals surface area contributed by atoms with Gasteiger partial charge in [-0.15, -0.1) is 11.3 Å². The molecule has 0 bridgehead atoms. The molecule has 0 aliphatic carbocycles. The van der Waals surface area contributed by atoms with Gasteiger partial charge in [0.05, 0.1) is 4.88 Å². The molecule has 7 nitrogen and oxygen atoms in total. The lowest BCUT2D eigenvalue weighted by atomic mass is 10.1. The number of halogens is 1. The molecule has 0 spiro atoms. The number of amides is 3. The van der Waals surface area contributed by atoms with Crippen molar-refractivity contribution in [3.05, 3.63) is 87.1 Å². The third kappa shape index (κ3) is 7.13. The first-order valence-electron chi connectivity index (χ1n) is 9.39. The van der Waals surface area contributed by atoms with Gasteiger partial charge in [-0.2, -0.15) is 0 Å². The molecule has 0 unspecified atom stereocenters. The average Bonchev–Trinajstić information content (AvgIpc) is 3.32.